The Morgan fingerprint density at radius 2 is 0.897 bits per heavy atom. The van der Waals surface area contributed by atoms with Crippen molar-refractivity contribution in [3.8, 4) is 34.5 Å². The minimum absolute atomic E-state index is 0.111. The summed E-state index contributed by atoms with van der Waals surface area (Å²) in [6.45, 7) is 0. The van der Waals surface area contributed by atoms with Crippen molar-refractivity contribution in [3.05, 3.63) is 94.2 Å². The molecule has 0 aliphatic rings. The van der Waals surface area contributed by atoms with E-state index in [1.54, 1.807) is 36.4 Å². The Morgan fingerprint density at radius 3 is 1.26 bits per heavy atom. The van der Waals surface area contributed by atoms with E-state index >= 15 is 0 Å². The fourth-order valence-corrected chi connectivity index (χ4v) is 7.02. The van der Waals surface area contributed by atoms with Crippen LogP contribution in [0.25, 0.3) is 0 Å². The molecule has 39 heavy (non-hydrogen) atoms. The Balaban J connectivity index is 1.29. The van der Waals surface area contributed by atoms with E-state index < -0.39 is 33.5 Å². The minimum Gasteiger partial charge on any atom is -0.507 e. The number of ether oxygens (including phenoxy) is 4. The van der Waals surface area contributed by atoms with E-state index in [4.69, 9.17) is 18.9 Å². The first kappa shape index (κ1) is 30.6. The zero-order chi connectivity index (χ0) is 28.1. The number of benzene rings is 4. The van der Waals surface area contributed by atoms with Crippen LogP contribution in [0.5, 0.6) is 34.5 Å². The molecule has 0 aliphatic heterocycles. The molecule has 0 atom stereocenters. The summed E-state index contributed by atoms with van der Waals surface area (Å²) in [5.74, 6) is 1.51. The fraction of sp³-hybridized carbons (Fsp3) is 0. The lowest BCUT2D eigenvalue weighted by molar-refractivity contribution is -0.597. The van der Waals surface area contributed by atoms with E-state index in [2.05, 4.69) is 0 Å². The van der Waals surface area contributed by atoms with Crippen LogP contribution in [0.1, 0.15) is 0 Å². The zero-order valence-electron chi connectivity index (χ0n) is 19.2. The molecular formula is C26H14I5O8+. The lowest BCUT2D eigenvalue weighted by Gasteiger charge is -2.08. The molecule has 0 fully saturated rings. The summed E-state index contributed by atoms with van der Waals surface area (Å²) < 4.78 is 25.5. The molecule has 0 heterocycles. The first-order valence-electron chi connectivity index (χ1n) is 10.6. The molecule has 0 amide bonds. The Morgan fingerprint density at radius 1 is 0.538 bits per heavy atom. The van der Waals surface area contributed by atoms with Crippen molar-refractivity contribution in [2.24, 2.45) is 0 Å². The summed E-state index contributed by atoms with van der Waals surface area (Å²) in [4.78, 5) is 24.4. The molecular weight excluding hydrogens is 1070 g/mol. The molecule has 4 aromatic carbocycles. The van der Waals surface area contributed by atoms with Gasteiger partial charge in [0.1, 0.15) is 34.5 Å². The minimum atomic E-state index is -0.874. The largest absolute Gasteiger partial charge is 0.519 e. The number of phenols is 2. The smallest absolute Gasteiger partial charge is 0.507 e. The lowest BCUT2D eigenvalue weighted by atomic mass is 10.3. The van der Waals surface area contributed by atoms with Gasteiger partial charge < -0.3 is 29.2 Å². The van der Waals surface area contributed by atoms with Crippen molar-refractivity contribution in [1.82, 2.24) is 0 Å². The van der Waals surface area contributed by atoms with Gasteiger partial charge in [-0.3, -0.25) is 0 Å². The van der Waals surface area contributed by atoms with Crippen LogP contribution in [0.3, 0.4) is 0 Å². The van der Waals surface area contributed by atoms with Gasteiger partial charge in [-0.1, -0.05) is 0 Å². The van der Waals surface area contributed by atoms with Crippen molar-refractivity contribution in [2.45, 2.75) is 0 Å². The predicted molar refractivity (Wildman–Crippen MR) is 171 cm³/mol. The maximum atomic E-state index is 12.2. The molecule has 4 aromatic rings. The van der Waals surface area contributed by atoms with Crippen molar-refractivity contribution >= 4 is 103 Å². The summed E-state index contributed by atoms with van der Waals surface area (Å²) in [5.41, 5.74) is 0. The molecule has 0 aromatic heterocycles. The fourth-order valence-electron chi connectivity index (χ4n) is 2.86. The van der Waals surface area contributed by atoms with E-state index in [0.717, 1.165) is 7.14 Å². The van der Waals surface area contributed by atoms with Crippen LogP contribution >= 0.6 is 90.4 Å². The van der Waals surface area contributed by atoms with Crippen LogP contribution in [0.15, 0.2) is 72.8 Å². The molecule has 0 unspecified atom stereocenters. The molecule has 0 radical (unpaired) electrons. The highest BCUT2D eigenvalue weighted by atomic mass is 127. The first-order valence-corrected chi connectivity index (χ1v) is 17.0. The Bertz CT molecular complexity index is 1410. The quantitative estimate of drug-likeness (QED) is 0.161. The Hall–Kier alpha value is -1.33. The second-order valence-electron chi connectivity index (χ2n) is 7.38. The summed E-state index contributed by atoms with van der Waals surface area (Å²) in [7, 11) is 0. The zero-order valence-corrected chi connectivity index (χ0v) is 29.9. The van der Waals surface area contributed by atoms with Crippen LogP contribution in [-0.2, 0) is 0 Å². The summed E-state index contributed by atoms with van der Waals surface area (Å²) in [6, 6.07) is 20.4. The van der Waals surface area contributed by atoms with Crippen LogP contribution in [-0.4, -0.2) is 22.5 Å². The first-order chi connectivity index (χ1) is 18.6. The lowest BCUT2D eigenvalue weighted by Crippen LogP contribution is -3.61. The number of rotatable bonds is 6. The highest BCUT2D eigenvalue weighted by Gasteiger charge is 2.19. The van der Waals surface area contributed by atoms with Crippen molar-refractivity contribution in [3.63, 3.8) is 0 Å². The van der Waals surface area contributed by atoms with Gasteiger partial charge in [0.05, 0.1) is 14.3 Å². The van der Waals surface area contributed by atoms with Crippen molar-refractivity contribution < 1.29 is 60.0 Å². The monoisotopic (exact) mass is 1090 g/mol. The topological polar surface area (TPSA) is 112 Å². The molecule has 8 nitrogen and oxygen atoms in total. The summed E-state index contributed by atoms with van der Waals surface area (Å²) in [6.07, 6.45) is -1.75. The number of phenolic OH excluding ortho intramolecular Hbond substituents is 2. The standard InChI is InChI=1S/C26H13I5O8/c27-17-11-23(19(29)9-21(17)32)38-25(34)36-15-5-1-13(2-6-15)31-14-3-7-16(8-4-14)37-26(35)39-24-12-18(28)22(33)10-20(24)30/h1-12H,(H-,32,33)/p+1. The molecule has 200 valence electrons. The third-order valence-corrected chi connectivity index (χ3v) is 10.7. The third kappa shape index (κ3) is 8.83. The van der Waals surface area contributed by atoms with Crippen molar-refractivity contribution in [1.29, 1.82) is 0 Å². The van der Waals surface area contributed by atoms with Gasteiger partial charge >= 0.3 is 33.5 Å². The van der Waals surface area contributed by atoms with Gasteiger partial charge in [-0.05, 0) is 163 Å². The van der Waals surface area contributed by atoms with Crippen LogP contribution in [0.2, 0.25) is 0 Å². The molecule has 0 aliphatic carbocycles. The highest BCUT2D eigenvalue weighted by molar-refractivity contribution is 14.1. The van der Waals surface area contributed by atoms with Gasteiger partial charge in [0.25, 0.3) is 0 Å². The number of hydrogen-bond donors (Lipinski definition) is 2. The average Bonchev–Trinajstić information content (AvgIpc) is 2.88. The molecule has 13 heteroatoms. The van der Waals surface area contributed by atoms with Gasteiger partial charge in [-0.2, -0.15) is 0 Å². The van der Waals surface area contributed by atoms with Gasteiger partial charge in [-0.25, -0.2) is 9.59 Å². The maximum absolute atomic E-state index is 12.2. The number of hydrogen-bond acceptors (Lipinski definition) is 8. The number of carbonyl (C=O) groups is 2. The Kier molecular flexibility index (Phi) is 11.0. The molecule has 0 saturated carbocycles. The number of carbonyl (C=O) groups excluding carboxylic acids is 2. The molecule has 0 spiro atoms. The SMILES string of the molecule is O=C(Oc1ccc([I+]c2ccc(OC(=O)Oc3cc(I)c(O)cc3I)cc2)cc1)Oc1cc(I)c(O)cc1I. The normalized spacial score (nSPS) is 10.6. The molecule has 4 rings (SSSR count). The van der Waals surface area contributed by atoms with E-state index in [1.165, 1.54) is 12.1 Å². The molecule has 2 N–H and O–H groups in total. The second-order valence-corrected chi connectivity index (χ2v) is 15.1. The van der Waals surface area contributed by atoms with E-state index in [1.807, 2.05) is 115 Å². The number of halogens is 5. The second kappa shape index (κ2) is 14.0. The van der Waals surface area contributed by atoms with Crippen LogP contribution in [0.4, 0.5) is 9.59 Å². The third-order valence-electron chi connectivity index (χ3n) is 4.64. The average molecular weight is 1090 g/mol. The van der Waals surface area contributed by atoms with E-state index in [9.17, 15) is 19.8 Å². The molecule has 0 saturated heterocycles. The summed E-state index contributed by atoms with van der Waals surface area (Å²) >= 11 is 7.28. The van der Waals surface area contributed by atoms with Gasteiger partial charge in [0.15, 0.2) is 7.14 Å². The maximum Gasteiger partial charge on any atom is 0.519 e. The van der Waals surface area contributed by atoms with Gasteiger partial charge in [0.2, 0.25) is 0 Å². The summed E-state index contributed by atoms with van der Waals surface area (Å²) in [5, 5.41) is 19.5. The van der Waals surface area contributed by atoms with Crippen molar-refractivity contribution in [2.75, 3.05) is 0 Å². The van der Waals surface area contributed by atoms with E-state index in [-0.39, 0.29) is 11.5 Å². The van der Waals surface area contributed by atoms with E-state index in [0.29, 0.717) is 37.3 Å². The van der Waals surface area contributed by atoms with Gasteiger partial charge in [0, 0.05) is 0 Å². The van der Waals surface area contributed by atoms with Gasteiger partial charge in [-0.15, -0.1) is 0 Å². The Labute approximate surface area is 287 Å². The number of aromatic hydroxyl groups is 2. The highest BCUT2D eigenvalue weighted by Crippen LogP contribution is 2.31. The predicted octanol–water partition coefficient (Wildman–Crippen LogP) is 4.80. The van der Waals surface area contributed by atoms with Crippen LogP contribution in [0, 0.1) is 21.4 Å². The molecule has 0 bridgehead atoms. The van der Waals surface area contributed by atoms with Crippen LogP contribution < -0.4 is 40.2 Å².